The van der Waals surface area contributed by atoms with E-state index in [9.17, 15) is 4.79 Å². The number of hydrogen-bond acceptors (Lipinski definition) is 3. The number of carbonyl (C=O) groups excluding carboxylic acids is 1. The van der Waals surface area contributed by atoms with Crippen LogP contribution in [0.1, 0.15) is 0 Å². The van der Waals surface area contributed by atoms with E-state index in [1.807, 2.05) is 36.4 Å². The number of halogens is 1. The molecule has 0 saturated heterocycles. The summed E-state index contributed by atoms with van der Waals surface area (Å²) in [7, 11) is 0. The van der Waals surface area contributed by atoms with Crippen LogP contribution in [0.3, 0.4) is 0 Å². The highest BCUT2D eigenvalue weighted by molar-refractivity contribution is 7.19. The molecule has 5 nitrogen and oxygen atoms in total. The first kappa shape index (κ1) is 13.7. The first-order chi connectivity index (χ1) is 10.1. The molecule has 106 valence electrons. The maximum absolute atomic E-state index is 11.2. The Morgan fingerprint density at radius 3 is 2.62 bits per heavy atom. The van der Waals surface area contributed by atoms with Crippen LogP contribution in [0.4, 0.5) is 10.5 Å². The number of primary amides is 1. The average Bonchev–Trinajstić information content (AvgIpc) is 3.05. The SMILES string of the molecule is NC(=O)Nc1cn(-c2ccccc2)nc1-c1ccc(Cl)s1. The molecule has 0 atom stereocenters. The number of aromatic nitrogens is 2. The van der Waals surface area contributed by atoms with E-state index in [0.717, 1.165) is 10.6 Å². The van der Waals surface area contributed by atoms with Crippen molar-refractivity contribution in [1.29, 1.82) is 0 Å². The van der Waals surface area contributed by atoms with Crippen LogP contribution in [-0.2, 0) is 0 Å². The number of rotatable bonds is 3. The summed E-state index contributed by atoms with van der Waals surface area (Å²) in [4.78, 5) is 12.0. The second-order valence-corrected chi connectivity index (χ2v) is 5.98. The zero-order valence-corrected chi connectivity index (χ0v) is 12.4. The molecule has 3 rings (SSSR count). The summed E-state index contributed by atoms with van der Waals surface area (Å²) in [6, 6.07) is 12.6. The number of urea groups is 1. The minimum atomic E-state index is -0.633. The highest BCUT2D eigenvalue weighted by atomic mass is 35.5. The minimum absolute atomic E-state index is 0.546. The quantitative estimate of drug-likeness (QED) is 0.772. The topological polar surface area (TPSA) is 72.9 Å². The lowest BCUT2D eigenvalue weighted by Gasteiger charge is -1.99. The van der Waals surface area contributed by atoms with Gasteiger partial charge in [-0.25, -0.2) is 9.48 Å². The van der Waals surface area contributed by atoms with Crippen molar-refractivity contribution in [3.8, 4) is 16.3 Å². The van der Waals surface area contributed by atoms with Gasteiger partial charge in [0.15, 0.2) is 0 Å². The summed E-state index contributed by atoms with van der Waals surface area (Å²) in [5, 5.41) is 7.11. The van der Waals surface area contributed by atoms with Crippen LogP contribution in [0.5, 0.6) is 0 Å². The Morgan fingerprint density at radius 2 is 2.00 bits per heavy atom. The van der Waals surface area contributed by atoms with Crippen LogP contribution in [0.25, 0.3) is 16.3 Å². The lowest BCUT2D eigenvalue weighted by Crippen LogP contribution is -2.19. The van der Waals surface area contributed by atoms with Crippen LogP contribution in [0, 0.1) is 0 Å². The molecule has 0 bridgehead atoms. The Balaban J connectivity index is 2.09. The summed E-state index contributed by atoms with van der Waals surface area (Å²) in [5.41, 5.74) is 7.28. The van der Waals surface area contributed by atoms with Gasteiger partial charge in [-0.3, -0.25) is 0 Å². The number of nitrogens with zero attached hydrogens (tertiary/aromatic N) is 2. The molecule has 3 N–H and O–H groups in total. The molecular formula is C14H11ClN4OS. The number of thiophene rings is 1. The van der Waals surface area contributed by atoms with Crippen molar-refractivity contribution in [2.45, 2.75) is 0 Å². The molecule has 0 unspecified atom stereocenters. The molecule has 2 amide bonds. The third kappa shape index (κ3) is 2.91. The van der Waals surface area contributed by atoms with Crippen molar-refractivity contribution in [1.82, 2.24) is 9.78 Å². The Labute approximate surface area is 130 Å². The number of amides is 2. The Morgan fingerprint density at radius 1 is 1.24 bits per heavy atom. The van der Waals surface area contributed by atoms with Gasteiger partial charge in [0, 0.05) is 0 Å². The number of hydrogen-bond donors (Lipinski definition) is 2. The molecule has 0 saturated carbocycles. The van der Waals surface area contributed by atoms with Gasteiger partial charge in [-0.2, -0.15) is 5.10 Å². The number of anilines is 1. The second-order valence-electron chi connectivity index (χ2n) is 4.26. The Hall–Kier alpha value is -2.31. The molecular weight excluding hydrogens is 308 g/mol. The Bertz CT molecular complexity index is 781. The van der Waals surface area contributed by atoms with Gasteiger partial charge in [0.1, 0.15) is 5.69 Å². The van der Waals surface area contributed by atoms with Crippen molar-refractivity contribution in [2.24, 2.45) is 5.73 Å². The number of para-hydroxylation sites is 1. The third-order valence-electron chi connectivity index (χ3n) is 2.80. The highest BCUT2D eigenvalue weighted by Crippen LogP contribution is 2.35. The van der Waals surface area contributed by atoms with Crippen LogP contribution < -0.4 is 11.1 Å². The standard InChI is InChI=1S/C14H11ClN4OS/c15-12-7-6-11(21-12)13-10(17-14(16)20)8-19(18-13)9-4-2-1-3-5-9/h1-8H,(H3,16,17,20). The summed E-state index contributed by atoms with van der Waals surface area (Å²) < 4.78 is 2.35. The van der Waals surface area contributed by atoms with Gasteiger partial charge in [0.25, 0.3) is 0 Å². The molecule has 2 aromatic heterocycles. The fourth-order valence-corrected chi connectivity index (χ4v) is 2.98. The molecule has 0 aliphatic heterocycles. The minimum Gasteiger partial charge on any atom is -0.351 e. The molecule has 2 heterocycles. The van der Waals surface area contributed by atoms with Crippen molar-refractivity contribution < 1.29 is 4.79 Å². The zero-order valence-electron chi connectivity index (χ0n) is 10.8. The lowest BCUT2D eigenvalue weighted by molar-refractivity contribution is 0.259. The van der Waals surface area contributed by atoms with Gasteiger partial charge in [-0.1, -0.05) is 29.8 Å². The predicted octanol–water partition coefficient (Wildman–Crippen LogP) is 3.74. The Kier molecular flexibility index (Phi) is 3.64. The van der Waals surface area contributed by atoms with E-state index in [1.54, 1.807) is 16.9 Å². The van der Waals surface area contributed by atoms with Gasteiger partial charge < -0.3 is 11.1 Å². The van der Waals surface area contributed by atoms with Crippen LogP contribution in [-0.4, -0.2) is 15.8 Å². The normalized spacial score (nSPS) is 10.5. The first-order valence-electron chi connectivity index (χ1n) is 6.11. The van der Waals surface area contributed by atoms with Gasteiger partial charge in [0.2, 0.25) is 0 Å². The number of benzene rings is 1. The molecule has 0 fully saturated rings. The van der Waals surface area contributed by atoms with E-state index in [-0.39, 0.29) is 0 Å². The average molecular weight is 319 g/mol. The zero-order chi connectivity index (χ0) is 14.8. The molecule has 0 radical (unpaired) electrons. The van der Waals surface area contributed by atoms with E-state index in [2.05, 4.69) is 10.4 Å². The van der Waals surface area contributed by atoms with Gasteiger partial charge in [-0.05, 0) is 24.3 Å². The molecule has 0 spiro atoms. The first-order valence-corrected chi connectivity index (χ1v) is 7.30. The summed E-state index contributed by atoms with van der Waals surface area (Å²) >= 11 is 7.35. The van der Waals surface area contributed by atoms with E-state index < -0.39 is 6.03 Å². The summed E-state index contributed by atoms with van der Waals surface area (Å²) in [5.74, 6) is 0. The fourth-order valence-electron chi connectivity index (χ4n) is 1.93. The van der Waals surface area contributed by atoms with E-state index in [0.29, 0.717) is 15.7 Å². The van der Waals surface area contributed by atoms with Crippen molar-refractivity contribution in [3.63, 3.8) is 0 Å². The summed E-state index contributed by atoms with van der Waals surface area (Å²) in [6.45, 7) is 0. The largest absolute Gasteiger partial charge is 0.351 e. The van der Waals surface area contributed by atoms with E-state index >= 15 is 0 Å². The van der Waals surface area contributed by atoms with Crippen molar-refractivity contribution in [2.75, 3.05) is 5.32 Å². The van der Waals surface area contributed by atoms with Gasteiger partial charge in [-0.15, -0.1) is 11.3 Å². The molecule has 7 heteroatoms. The summed E-state index contributed by atoms with van der Waals surface area (Å²) in [6.07, 6.45) is 1.73. The smallest absolute Gasteiger partial charge is 0.316 e. The lowest BCUT2D eigenvalue weighted by atomic mass is 10.3. The van der Waals surface area contributed by atoms with E-state index in [4.69, 9.17) is 17.3 Å². The van der Waals surface area contributed by atoms with Crippen molar-refractivity contribution >= 4 is 34.7 Å². The second kappa shape index (κ2) is 5.59. The van der Waals surface area contributed by atoms with Crippen LogP contribution >= 0.6 is 22.9 Å². The maximum Gasteiger partial charge on any atom is 0.316 e. The molecule has 1 aromatic carbocycles. The van der Waals surface area contributed by atoms with Gasteiger partial charge in [0.05, 0.1) is 26.8 Å². The third-order valence-corrected chi connectivity index (χ3v) is 4.04. The van der Waals surface area contributed by atoms with Crippen LogP contribution in [0.2, 0.25) is 4.34 Å². The van der Waals surface area contributed by atoms with Crippen molar-refractivity contribution in [3.05, 3.63) is 53.0 Å². The molecule has 3 aromatic rings. The number of nitrogens with two attached hydrogens (primary N) is 1. The highest BCUT2D eigenvalue weighted by Gasteiger charge is 2.15. The van der Waals surface area contributed by atoms with Gasteiger partial charge >= 0.3 is 6.03 Å². The molecule has 0 aliphatic carbocycles. The number of carbonyl (C=O) groups is 1. The van der Waals surface area contributed by atoms with E-state index in [1.165, 1.54) is 11.3 Å². The molecule has 21 heavy (non-hydrogen) atoms. The number of nitrogens with one attached hydrogen (secondary N) is 1. The van der Waals surface area contributed by atoms with Crippen LogP contribution in [0.15, 0.2) is 48.7 Å². The fraction of sp³-hybridized carbons (Fsp3) is 0. The monoisotopic (exact) mass is 318 g/mol. The molecule has 0 aliphatic rings. The maximum atomic E-state index is 11.2. The predicted molar refractivity (Wildman–Crippen MR) is 85.1 cm³/mol.